The second-order valence-electron chi connectivity index (χ2n) is 11.7. The van der Waals surface area contributed by atoms with Gasteiger partial charge in [-0.05, 0) is 19.3 Å². The fourth-order valence-corrected chi connectivity index (χ4v) is 8.48. The topological polar surface area (TPSA) is 0 Å². The van der Waals surface area contributed by atoms with Crippen LogP contribution in [-0.2, 0) is 37.1 Å². The predicted octanol–water partition coefficient (Wildman–Crippen LogP) is 9.53. The molecule has 5 aromatic carbocycles. The summed E-state index contributed by atoms with van der Waals surface area (Å²) >= 11 is 1.46. The van der Waals surface area contributed by atoms with E-state index in [9.17, 15) is 0 Å². The van der Waals surface area contributed by atoms with Crippen molar-refractivity contribution in [2.75, 3.05) is 0 Å². The first-order chi connectivity index (χ1) is 19.3. The average Bonchev–Trinajstić information content (AvgIpc) is 3.64. The van der Waals surface area contributed by atoms with Crippen LogP contribution in [0.25, 0.3) is 27.1 Å². The van der Waals surface area contributed by atoms with Gasteiger partial charge in [-0.1, -0.05) is 97.4 Å². The van der Waals surface area contributed by atoms with Crippen molar-refractivity contribution in [3.63, 3.8) is 0 Å². The Balaban J connectivity index is 0.000000194. The average molecular weight is 615 g/mol. The molecule has 1 aliphatic carbocycles. The van der Waals surface area contributed by atoms with Gasteiger partial charge >= 0.3 is 99.2 Å². The van der Waals surface area contributed by atoms with Gasteiger partial charge in [0.2, 0.25) is 0 Å². The van der Waals surface area contributed by atoms with Gasteiger partial charge in [-0.25, -0.2) is 0 Å². The monoisotopic (exact) mass is 613 g/mol. The zero-order valence-corrected chi connectivity index (χ0v) is 28.0. The molecule has 0 bridgehead atoms. The van der Waals surface area contributed by atoms with E-state index in [-0.39, 0.29) is 0 Å². The van der Waals surface area contributed by atoms with E-state index in [2.05, 4.69) is 143 Å². The van der Waals surface area contributed by atoms with Crippen LogP contribution in [0.15, 0.2) is 109 Å². The van der Waals surface area contributed by atoms with E-state index >= 15 is 0 Å². The Morgan fingerprint density at radius 1 is 0.800 bits per heavy atom. The summed E-state index contributed by atoms with van der Waals surface area (Å²) in [6, 6.07) is 33.1. The van der Waals surface area contributed by atoms with E-state index in [1.165, 1.54) is 76.8 Å². The molecular formula is C38H39SiZr-. The standard InChI is InChI=1S/C25H29Si.C13H10.Zr/c1-6-17-12-13-21-19(14-17)15-23-22(21)16-24(26(3,4)5)20(7-2)25(23)18-10-8-9-11-18;1-3-7-12(8-4-1)11-13-9-5-2-6-10-13;/h8-10,12-16H,6-7,11H2,1-5H3;1-10H;/q-1;;. The van der Waals surface area contributed by atoms with Gasteiger partial charge < -0.3 is 0 Å². The van der Waals surface area contributed by atoms with Crippen LogP contribution in [0.4, 0.5) is 0 Å². The summed E-state index contributed by atoms with van der Waals surface area (Å²) < 4.78 is 1.42. The Hall–Kier alpha value is -2.80. The molecule has 5 aromatic rings. The van der Waals surface area contributed by atoms with Crippen LogP contribution in [0, 0.1) is 0 Å². The molecule has 200 valence electrons. The third-order valence-corrected chi connectivity index (χ3v) is 11.4. The quantitative estimate of drug-likeness (QED) is 0.132. The Labute approximate surface area is 256 Å². The summed E-state index contributed by atoms with van der Waals surface area (Å²) in [4.78, 5) is 0. The molecule has 2 heteroatoms. The summed E-state index contributed by atoms with van der Waals surface area (Å²) in [5.41, 5.74) is 8.71. The van der Waals surface area contributed by atoms with Crippen LogP contribution in [0.5, 0.6) is 0 Å². The molecule has 0 atom stereocenters. The molecule has 0 aliphatic heterocycles. The normalized spacial score (nSPS) is 12.8. The van der Waals surface area contributed by atoms with Gasteiger partial charge in [0.05, 0.1) is 8.07 Å². The van der Waals surface area contributed by atoms with Gasteiger partial charge in [0.25, 0.3) is 0 Å². The van der Waals surface area contributed by atoms with E-state index in [1.807, 2.05) is 0 Å². The number of aryl methyl sites for hydroxylation is 1. The number of benzene rings is 4. The van der Waals surface area contributed by atoms with Crippen molar-refractivity contribution < 1.29 is 24.2 Å². The SMILES string of the molecule is CCc1ccc2c(c1)[cH-]c1c(C3=CC=CC3)c(CC)c([Si](C)(C)C)cc12.[Zr]=[C](c1ccccc1)c1ccccc1. The Kier molecular flexibility index (Phi) is 8.89. The van der Waals surface area contributed by atoms with Gasteiger partial charge in [-0.15, -0.1) is 33.7 Å². The van der Waals surface area contributed by atoms with Crippen LogP contribution >= 0.6 is 0 Å². The number of allylic oxidation sites excluding steroid dienone is 4. The van der Waals surface area contributed by atoms with E-state index in [0.717, 1.165) is 19.3 Å². The summed E-state index contributed by atoms with van der Waals surface area (Å²) in [6.45, 7) is 12.0. The maximum atomic E-state index is 2.54. The van der Waals surface area contributed by atoms with Crippen molar-refractivity contribution in [3.05, 3.63) is 137 Å². The van der Waals surface area contributed by atoms with E-state index in [0.29, 0.717) is 0 Å². The van der Waals surface area contributed by atoms with Gasteiger partial charge in [0.1, 0.15) is 0 Å². The van der Waals surface area contributed by atoms with Crippen LogP contribution < -0.4 is 5.19 Å². The van der Waals surface area contributed by atoms with Crippen molar-refractivity contribution in [1.29, 1.82) is 0 Å². The van der Waals surface area contributed by atoms with Gasteiger partial charge in [0, 0.05) is 0 Å². The minimum atomic E-state index is -1.42. The van der Waals surface area contributed by atoms with Crippen molar-refractivity contribution in [1.82, 2.24) is 0 Å². The molecule has 0 heterocycles. The van der Waals surface area contributed by atoms with E-state index in [4.69, 9.17) is 0 Å². The van der Waals surface area contributed by atoms with E-state index in [1.54, 1.807) is 10.8 Å². The number of fused-ring (bicyclic) bond motifs is 3. The van der Waals surface area contributed by atoms with Crippen molar-refractivity contribution in [3.8, 4) is 0 Å². The molecule has 0 spiro atoms. The van der Waals surface area contributed by atoms with Crippen LogP contribution in [0.1, 0.15) is 48.1 Å². The summed E-state index contributed by atoms with van der Waals surface area (Å²) in [6.07, 6.45) is 10.1. The van der Waals surface area contributed by atoms with Crippen LogP contribution in [0.2, 0.25) is 19.6 Å². The van der Waals surface area contributed by atoms with Crippen molar-refractivity contribution >= 4 is 43.6 Å². The summed E-state index contributed by atoms with van der Waals surface area (Å²) in [5, 5.41) is 7.39. The predicted molar refractivity (Wildman–Crippen MR) is 177 cm³/mol. The molecule has 0 aromatic heterocycles. The molecule has 1 aliphatic rings. The maximum absolute atomic E-state index is 2.54. The molecule has 40 heavy (non-hydrogen) atoms. The second-order valence-corrected chi connectivity index (χ2v) is 18.0. The fourth-order valence-electron chi connectivity index (χ4n) is 5.88. The van der Waals surface area contributed by atoms with Crippen LogP contribution in [-0.4, -0.2) is 11.3 Å². The summed E-state index contributed by atoms with van der Waals surface area (Å²) in [5.74, 6) is 0. The molecule has 0 unspecified atom stereocenters. The molecule has 6 rings (SSSR count). The van der Waals surface area contributed by atoms with Crippen molar-refractivity contribution in [2.45, 2.75) is 52.8 Å². The first-order valence-electron chi connectivity index (χ1n) is 14.6. The first-order valence-corrected chi connectivity index (χ1v) is 19.3. The van der Waals surface area contributed by atoms with Gasteiger partial charge in [-0.3, -0.25) is 0 Å². The number of rotatable bonds is 6. The molecule has 0 amide bonds. The molecule has 0 fully saturated rings. The minimum absolute atomic E-state index is 1.07. The molecule has 0 saturated heterocycles. The second kappa shape index (κ2) is 12.4. The number of hydrogen-bond acceptors (Lipinski definition) is 0. The number of hydrogen-bond donors (Lipinski definition) is 0. The first kappa shape index (κ1) is 28.7. The Morgan fingerprint density at radius 2 is 1.45 bits per heavy atom. The molecule has 0 saturated carbocycles. The van der Waals surface area contributed by atoms with Gasteiger partial charge in [0.15, 0.2) is 0 Å². The molecular weight excluding hydrogens is 576 g/mol. The van der Waals surface area contributed by atoms with E-state index < -0.39 is 8.07 Å². The Morgan fingerprint density at radius 3 is 1.98 bits per heavy atom. The fraction of sp³-hybridized carbons (Fsp3) is 0.211. The van der Waals surface area contributed by atoms with Crippen molar-refractivity contribution in [2.24, 2.45) is 0 Å². The third-order valence-electron chi connectivity index (χ3n) is 7.97. The van der Waals surface area contributed by atoms with Crippen LogP contribution in [0.3, 0.4) is 0 Å². The van der Waals surface area contributed by atoms with Gasteiger partial charge in [-0.2, -0.15) is 0 Å². The molecule has 0 N–H and O–H groups in total. The molecule has 0 nitrogen and oxygen atoms in total. The zero-order valence-electron chi connectivity index (χ0n) is 24.5. The third kappa shape index (κ3) is 5.95. The zero-order chi connectivity index (χ0) is 28.3. The Bertz CT molecular complexity index is 1670. The molecule has 0 radical (unpaired) electrons. The summed E-state index contributed by atoms with van der Waals surface area (Å²) in [7, 11) is -1.42.